The molecule has 0 atom stereocenters. The largest absolute Gasteiger partial charge is 0.573 e. The molecule has 0 spiro atoms. The summed E-state index contributed by atoms with van der Waals surface area (Å²) in [5.74, 6) is -3.29. The first-order chi connectivity index (χ1) is 16.0. The van der Waals surface area contributed by atoms with Crippen molar-refractivity contribution >= 4 is 23.0 Å². The number of amides is 1. The molecule has 11 heteroatoms. The average molecular weight is 479 g/mol. The summed E-state index contributed by atoms with van der Waals surface area (Å²) in [7, 11) is 1.44. The van der Waals surface area contributed by atoms with E-state index in [1.807, 2.05) is 0 Å². The van der Waals surface area contributed by atoms with Crippen molar-refractivity contribution in [2.24, 2.45) is 0 Å². The number of alkyl halides is 3. The number of rotatable bonds is 4. The Labute approximate surface area is 191 Å². The van der Waals surface area contributed by atoms with E-state index in [1.165, 1.54) is 35.1 Å². The fourth-order valence-corrected chi connectivity index (χ4v) is 3.81. The fraction of sp³-hybridized carbons (Fsp3) is 0.217. The van der Waals surface area contributed by atoms with E-state index in [0.29, 0.717) is 34.6 Å². The molecule has 0 saturated carbocycles. The van der Waals surface area contributed by atoms with Crippen LogP contribution in [0.1, 0.15) is 21.6 Å². The van der Waals surface area contributed by atoms with Crippen molar-refractivity contribution in [3.05, 3.63) is 70.9 Å². The van der Waals surface area contributed by atoms with E-state index >= 15 is 0 Å². The molecular formula is C23H18F5N3O3. The summed E-state index contributed by atoms with van der Waals surface area (Å²) in [4.78, 5) is 20.4. The van der Waals surface area contributed by atoms with Gasteiger partial charge in [-0.15, -0.1) is 13.2 Å². The SMILES string of the molecule is COc1ccc(N2CN(c3ccc(F)cc3C)c3cc(OC(F)(F)F)c(F)cc3C2=O)c(C)n1. The molecule has 6 nitrogen and oxygen atoms in total. The first-order valence-corrected chi connectivity index (χ1v) is 9.95. The Balaban J connectivity index is 1.90. The summed E-state index contributed by atoms with van der Waals surface area (Å²) in [6, 6.07) is 8.50. The van der Waals surface area contributed by atoms with Crippen molar-refractivity contribution in [1.29, 1.82) is 0 Å². The monoisotopic (exact) mass is 479 g/mol. The Morgan fingerprint density at radius 3 is 2.26 bits per heavy atom. The van der Waals surface area contributed by atoms with Crippen LogP contribution in [0.4, 0.5) is 39.0 Å². The summed E-state index contributed by atoms with van der Waals surface area (Å²) in [6.45, 7) is 3.09. The van der Waals surface area contributed by atoms with E-state index in [9.17, 15) is 26.7 Å². The van der Waals surface area contributed by atoms with Crippen LogP contribution in [-0.2, 0) is 0 Å². The Hall–Kier alpha value is -3.89. The Kier molecular flexibility index (Phi) is 5.80. The lowest BCUT2D eigenvalue weighted by molar-refractivity contribution is -0.275. The predicted octanol–water partition coefficient (Wildman–Crippen LogP) is 5.64. The molecule has 1 aliphatic heterocycles. The second-order valence-corrected chi connectivity index (χ2v) is 7.54. The van der Waals surface area contributed by atoms with Gasteiger partial charge in [0.2, 0.25) is 5.88 Å². The number of methoxy groups -OCH3 is 1. The van der Waals surface area contributed by atoms with Gasteiger partial charge in [0.05, 0.1) is 29.7 Å². The van der Waals surface area contributed by atoms with Crippen LogP contribution in [0.3, 0.4) is 0 Å². The molecule has 0 radical (unpaired) electrons. The van der Waals surface area contributed by atoms with Gasteiger partial charge in [-0.25, -0.2) is 13.8 Å². The molecule has 1 aromatic heterocycles. The number of hydrogen-bond donors (Lipinski definition) is 0. The van der Waals surface area contributed by atoms with Gasteiger partial charge in [0, 0.05) is 17.8 Å². The molecule has 4 rings (SSSR count). The quantitative estimate of drug-likeness (QED) is 0.454. The molecule has 0 aliphatic carbocycles. The maximum absolute atomic E-state index is 14.6. The number of benzene rings is 2. The standard InChI is InChI=1S/C23H18F5N3O3/c1-12-8-14(24)4-5-17(12)30-11-31(18-6-7-21(33-3)29-13(18)2)22(32)15-9-16(25)20(10-19(15)30)34-23(26,27)28/h4-10H,11H2,1-3H3. The van der Waals surface area contributed by atoms with Crippen molar-refractivity contribution in [1.82, 2.24) is 4.98 Å². The first kappa shape index (κ1) is 23.3. The highest BCUT2D eigenvalue weighted by atomic mass is 19.4. The van der Waals surface area contributed by atoms with Gasteiger partial charge in [-0.2, -0.15) is 0 Å². The van der Waals surface area contributed by atoms with E-state index in [-0.39, 0.29) is 17.9 Å². The Bertz CT molecular complexity index is 1280. The second-order valence-electron chi connectivity index (χ2n) is 7.54. The van der Waals surface area contributed by atoms with Gasteiger partial charge in [-0.05, 0) is 49.7 Å². The van der Waals surface area contributed by atoms with Gasteiger partial charge in [-0.3, -0.25) is 9.69 Å². The van der Waals surface area contributed by atoms with Gasteiger partial charge in [0.1, 0.15) is 12.5 Å². The summed E-state index contributed by atoms with van der Waals surface area (Å²) in [5.41, 5.74) is 1.46. The predicted molar refractivity (Wildman–Crippen MR) is 114 cm³/mol. The second kappa shape index (κ2) is 8.47. The molecular weight excluding hydrogens is 461 g/mol. The smallest absolute Gasteiger partial charge is 0.481 e. The van der Waals surface area contributed by atoms with Crippen LogP contribution in [0.5, 0.6) is 11.6 Å². The van der Waals surface area contributed by atoms with Crippen LogP contribution in [0.2, 0.25) is 0 Å². The average Bonchev–Trinajstić information content (AvgIpc) is 2.75. The fourth-order valence-electron chi connectivity index (χ4n) is 3.81. The zero-order valence-corrected chi connectivity index (χ0v) is 18.2. The molecule has 1 aliphatic rings. The maximum atomic E-state index is 14.6. The molecule has 34 heavy (non-hydrogen) atoms. The van der Waals surface area contributed by atoms with Crippen molar-refractivity contribution in [3.8, 4) is 11.6 Å². The number of aryl methyl sites for hydroxylation is 2. The minimum Gasteiger partial charge on any atom is -0.481 e. The zero-order chi connectivity index (χ0) is 24.8. The van der Waals surface area contributed by atoms with Crippen LogP contribution in [0.25, 0.3) is 0 Å². The van der Waals surface area contributed by atoms with Crippen LogP contribution in [-0.4, -0.2) is 31.0 Å². The van der Waals surface area contributed by atoms with Crippen LogP contribution in [0.15, 0.2) is 42.5 Å². The van der Waals surface area contributed by atoms with Crippen LogP contribution in [0, 0.1) is 25.5 Å². The van der Waals surface area contributed by atoms with E-state index in [2.05, 4.69) is 9.72 Å². The van der Waals surface area contributed by atoms with Crippen LogP contribution < -0.4 is 19.3 Å². The first-order valence-electron chi connectivity index (χ1n) is 9.95. The molecule has 0 saturated heterocycles. The summed E-state index contributed by atoms with van der Waals surface area (Å²) >= 11 is 0. The maximum Gasteiger partial charge on any atom is 0.573 e. The molecule has 0 unspecified atom stereocenters. The summed E-state index contributed by atoms with van der Waals surface area (Å²) in [6.07, 6.45) is -5.14. The number of anilines is 3. The van der Waals surface area contributed by atoms with Gasteiger partial charge >= 0.3 is 6.36 Å². The van der Waals surface area contributed by atoms with E-state index < -0.39 is 29.7 Å². The molecule has 2 aromatic carbocycles. The Morgan fingerprint density at radius 2 is 1.65 bits per heavy atom. The lowest BCUT2D eigenvalue weighted by Crippen LogP contribution is -2.45. The third kappa shape index (κ3) is 4.33. The van der Waals surface area contributed by atoms with Crippen molar-refractivity contribution in [3.63, 3.8) is 0 Å². The van der Waals surface area contributed by atoms with Crippen molar-refractivity contribution < 1.29 is 36.2 Å². The number of pyridine rings is 1. The molecule has 2 heterocycles. The zero-order valence-electron chi connectivity index (χ0n) is 18.2. The minimum atomic E-state index is -5.14. The number of halogens is 5. The molecule has 3 aromatic rings. The topological polar surface area (TPSA) is 54.9 Å². The summed E-state index contributed by atoms with van der Waals surface area (Å²) in [5, 5.41) is 0. The van der Waals surface area contributed by atoms with Gasteiger partial charge < -0.3 is 14.4 Å². The third-order valence-electron chi connectivity index (χ3n) is 5.31. The van der Waals surface area contributed by atoms with E-state index in [1.54, 1.807) is 26.0 Å². The van der Waals surface area contributed by atoms with Crippen LogP contribution >= 0.6 is 0 Å². The molecule has 0 bridgehead atoms. The highest BCUT2D eigenvalue weighted by Gasteiger charge is 2.37. The Morgan fingerprint density at radius 1 is 0.941 bits per heavy atom. The van der Waals surface area contributed by atoms with E-state index in [0.717, 1.165) is 6.07 Å². The number of aromatic nitrogens is 1. The van der Waals surface area contributed by atoms with Gasteiger partial charge in [0.15, 0.2) is 11.6 Å². The highest BCUT2D eigenvalue weighted by molar-refractivity contribution is 6.13. The molecule has 1 amide bonds. The molecule has 178 valence electrons. The minimum absolute atomic E-state index is 0.0178. The van der Waals surface area contributed by atoms with E-state index in [4.69, 9.17) is 4.74 Å². The van der Waals surface area contributed by atoms with Gasteiger partial charge in [-0.1, -0.05) is 0 Å². The van der Waals surface area contributed by atoms with Crippen molar-refractivity contribution in [2.45, 2.75) is 20.2 Å². The number of nitrogens with zero attached hydrogens (tertiary/aromatic N) is 3. The van der Waals surface area contributed by atoms with Crippen molar-refractivity contribution in [2.75, 3.05) is 23.6 Å². The lowest BCUT2D eigenvalue weighted by Gasteiger charge is -2.39. The normalized spacial score (nSPS) is 13.7. The van der Waals surface area contributed by atoms with Gasteiger partial charge in [0.25, 0.3) is 5.91 Å². The number of hydrogen-bond acceptors (Lipinski definition) is 5. The number of carbonyl (C=O) groups is 1. The molecule has 0 N–H and O–H groups in total. The number of fused-ring (bicyclic) bond motifs is 1. The molecule has 0 fully saturated rings. The summed E-state index contributed by atoms with van der Waals surface area (Å²) < 4.78 is 75.6. The lowest BCUT2D eigenvalue weighted by atomic mass is 10.0. The number of carbonyl (C=O) groups excluding carboxylic acids is 1. The highest BCUT2D eigenvalue weighted by Crippen LogP contribution is 2.41. The third-order valence-corrected chi connectivity index (χ3v) is 5.31. The number of ether oxygens (including phenoxy) is 2.